The Labute approximate surface area is 105 Å². The third-order valence-corrected chi connectivity index (χ3v) is 12.3. The summed E-state index contributed by atoms with van der Waals surface area (Å²) in [6, 6.07) is 0. The lowest BCUT2D eigenvalue weighted by Gasteiger charge is -2.31. The highest BCUT2D eigenvalue weighted by Crippen LogP contribution is 2.17. The average molecular weight is 261 g/mol. The van der Waals surface area contributed by atoms with Gasteiger partial charge in [-0.05, 0) is 11.1 Å². The molecule has 0 aromatic rings. The number of nitrogens with one attached hydrogen (secondary N) is 2. The van der Waals surface area contributed by atoms with Crippen LogP contribution in [-0.2, 0) is 0 Å². The van der Waals surface area contributed by atoms with Crippen LogP contribution in [0.25, 0.3) is 0 Å². The van der Waals surface area contributed by atoms with Crippen molar-refractivity contribution in [3.63, 3.8) is 0 Å². The molecule has 0 aliphatic rings. The van der Waals surface area contributed by atoms with Gasteiger partial charge in [0.25, 0.3) is 0 Å². The van der Waals surface area contributed by atoms with E-state index in [4.69, 9.17) is 0 Å². The van der Waals surface area contributed by atoms with Gasteiger partial charge >= 0.3 is 0 Å². The maximum absolute atomic E-state index is 3.77. The minimum Gasteiger partial charge on any atom is -0.336 e. The second kappa shape index (κ2) is 6.33. The van der Waals surface area contributed by atoms with Gasteiger partial charge in [0.1, 0.15) is 16.5 Å². The highest BCUT2D eigenvalue weighted by Gasteiger charge is 2.26. The van der Waals surface area contributed by atoms with Crippen molar-refractivity contribution in [2.45, 2.75) is 65.0 Å². The van der Waals surface area contributed by atoms with Gasteiger partial charge in [0, 0.05) is 13.1 Å². The molecule has 0 heterocycles. The average Bonchev–Trinajstić information content (AvgIpc) is 2.12. The first-order valence-electron chi connectivity index (χ1n) is 6.59. The molecule has 0 rings (SSSR count). The molecule has 0 atom stereocenters. The van der Waals surface area contributed by atoms with Crippen LogP contribution < -0.4 is 9.96 Å². The molecule has 4 heteroatoms. The summed E-state index contributed by atoms with van der Waals surface area (Å²) in [5, 5.41) is 0. The van der Waals surface area contributed by atoms with Gasteiger partial charge in [-0.3, -0.25) is 0 Å². The maximum atomic E-state index is 3.77. The fourth-order valence-corrected chi connectivity index (χ4v) is 3.53. The van der Waals surface area contributed by atoms with Crippen molar-refractivity contribution in [3.8, 4) is 0 Å². The molecule has 2 nitrogen and oxygen atoms in total. The number of hydrogen-bond acceptors (Lipinski definition) is 2. The van der Waals surface area contributed by atoms with E-state index in [1.807, 2.05) is 0 Å². The summed E-state index contributed by atoms with van der Waals surface area (Å²) >= 11 is 0. The molecule has 0 aromatic carbocycles. The highest BCUT2D eigenvalue weighted by atomic mass is 28.3. The van der Waals surface area contributed by atoms with E-state index < -0.39 is 16.5 Å². The smallest absolute Gasteiger partial charge is 0.122 e. The van der Waals surface area contributed by atoms with Gasteiger partial charge in [-0.15, -0.1) is 0 Å². The van der Waals surface area contributed by atoms with Crippen LogP contribution >= 0.6 is 0 Å². The fourth-order valence-electron chi connectivity index (χ4n) is 1.18. The van der Waals surface area contributed by atoms with Gasteiger partial charge in [-0.1, -0.05) is 53.9 Å². The van der Waals surface area contributed by atoms with E-state index in [2.05, 4.69) is 63.8 Å². The zero-order chi connectivity index (χ0) is 13.0. The predicted molar refractivity (Wildman–Crippen MR) is 81.2 cm³/mol. The first kappa shape index (κ1) is 16.4. The molecule has 2 N–H and O–H groups in total. The molecule has 0 radical (unpaired) electrons. The molecule has 0 aliphatic heterocycles. The second-order valence-electron chi connectivity index (χ2n) is 6.61. The minimum atomic E-state index is -1.18. The Kier molecular flexibility index (Phi) is 6.47. The topological polar surface area (TPSA) is 24.1 Å². The van der Waals surface area contributed by atoms with Gasteiger partial charge in [0.2, 0.25) is 0 Å². The molecule has 0 unspecified atom stereocenters. The van der Waals surface area contributed by atoms with Crippen molar-refractivity contribution in [2.24, 2.45) is 0 Å². The van der Waals surface area contributed by atoms with Crippen LogP contribution in [0.15, 0.2) is 0 Å². The molecular weight excluding hydrogens is 228 g/mol. The molecule has 0 aliphatic carbocycles. The predicted octanol–water partition coefficient (Wildman–Crippen LogP) is 3.40. The summed E-state index contributed by atoms with van der Waals surface area (Å²) in [6.45, 7) is 21.3. The van der Waals surface area contributed by atoms with Crippen molar-refractivity contribution in [1.82, 2.24) is 9.96 Å². The third-order valence-electron chi connectivity index (χ3n) is 4.17. The molecule has 0 spiro atoms. The number of rotatable bonds is 7. The largest absolute Gasteiger partial charge is 0.336 e. The van der Waals surface area contributed by atoms with Crippen LogP contribution in [0, 0.1) is 0 Å². The van der Waals surface area contributed by atoms with Crippen LogP contribution in [0.3, 0.4) is 0 Å². The van der Waals surface area contributed by atoms with Crippen LogP contribution in [0.1, 0.15) is 27.7 Å². The standard InChI is InChI=1S/C12H32N2Si2/c1-11(2)15(5,6)13-9-10-14-16(7,8)12(3)4/h11-14H,9-10H2,1-8H3. The van der Waals surface area contributed by atoms with Crippen molar-refractivity contribution >= 4 is 16.5 Å². The lowest BCUT2D eigenvalue weighted by atomic mass is 10.6. The van der Waals surface area contributed by atoms with E-state index in [1.54, 1.807) is 0 Å². The molecule has 0 fully saturated rings. The second-order valence-corrected chi connectivity index (χ2v) is 16.5. The summed E-state index contributed by atoms with van der Waals surface area (Å²) in [5.74, 6) is 0. The normalized spacial score (nSPS) is 13.9. The fraction of sp³-hybridized carbons (Fsp3) is 1.00. The van der Waals surface area contributed by atoms with Crippen LogP contribution in [0.2, 0.25) is 37.3 Å². The zero-order valence-corrected chi connectivity index (χ0v) is 14.6. The van der Waals surface area contributed by atoms with E-state index in [1.165, 1.54) is 0 Å². The van der Waals surface area contributed by atoms with Crippen molar-refractivity contribution in [2.75, 3.05) is 13.1 Å². The Morgan fingerprint density at radius 2 is 0.938 bits per heavy atom. The molecular formula is C12H32N2Si2. The van der Waals surface area contributed by atoms with Gasteiger partial charge in [-0.25, -0.2) is 0 Å². The summed E-state index contributed by atoms with van der Waals surface area (Å²) in [5.41, 5.74) is 1.62. The van der Waals surface area contributed by atoms with Gasteiger partial charge < -0.3 is 9.96 Å². The molecule has 0 saturated heterocycles. The molecule has 0 aromatic heterocycles. The summed E-state index contributed by atoms with van der Waals surface area (Å²) in [6.07, 6.45) is 0. The first-order chi connectivity index (χ1) is 7.09. The monoisotopic (exact) mass is 260 g/mol. The Balaban J connectivity index is 3.85. The molecule has 98 valence electrons. The Morgan fingerprint density at radius 3 is 1.12 bits per heavy atom. The highest BCUT2D eigenvalue weighted by molar-refractivity contribution is 6.76. The van der Waals surface area contributed by atoms with Gasteiger partial charge in [0.05, 0.1) is 0 Å². The molecule has 0 saturated carbocycles. The van der Waals surface area contributed by atoms with Crippen LogP contribution in [0.4, 0.5) is 0 Å². The van der Waals surface area contributed by atoms with E-state index in [-0.39, 0.29) is 0 Å². The molecule has 0 amide bonds. The van der Waals surface area contributed by atoms with E-state index in [0.717, 1.165) is 24.2 Å². The van der Waals surface area contributed by atoms with E-state index >= 15 is 0 Å². The lowest BCUT2D eigenvalue weighted by molar-refractivity contribution is 0.774. The van der Waals surface area contributed by atoms with Crippen LogP contribution in [-0.4, -0.2) is 29.6 Å². The van der Waals surface area contributed by atoms with Gasteiger partial charge in [0.15, 0.2) is 0 Å². The minimum absolute atomic E-state index is 0.808. The Hall–Kier alpha value is 0.354. The quantitative estimate of drug-likeness (QED) is 0.541. The summed E-state index contributed by atoms with van der Waals surface area (Å²) in [4.78, 5) is 7.54. The van der Waals surface area contributed by atoms with E-state index in [0.29, 0.717) is 0 Å². The zero-order valence-electron chi connectivity index (χ0n) is 12.6. The van der Waals surface area contributed by atoms with Crippen molar-refractivity contribution < 1.29 is 0 Å². The first-order valence-corrected chi connectivity index (χ1v) is 12.7. The lowest BCUT2D eigenvalue weighted by Crippen LogP contribution is -2.53. The van der Waals surface area contributed by atoms with Crippen molar-refractivity contribution in [1.29, 1.82) is 0 Å². The maximum Gasteiger partial charge on any atom is 0.122 e. The van der Waals surface area contributed by atoms with E-state index in [9.17, 15) is 0 Å². The summed E-state index contributed by atoms with van der Waals surface area (Å²) < 4.78 is 0. The summed E-state index contributed by atoms with van der Waals surface area (Å²) in [7, 11) is -2.36. The SMILES string of the molecule is CC(C)[Si](C)(C)NCCN[Si](C)(C)C(C)C. The molecule has 16 heavy (non-hydrogen) atoms. The molecule has 0 bridgehead atoms. The van der Waals surface area contributed by atoms with Gasteiger partial charge in [-0.2, -0.15) is 0 Å². The number of hydrogen-bond donors (Lipinski definition) is 2. The van der Waals surface area contributed by atoms with Crippen LogP contribution in [0.5, 0.6) is 0 Å². The third kappa shape index (κ3) is 5.61. The Bertz CT molecular complexity index is 179. The Morgan fingerprint density at radius 1 is 0.688 bits per heavy atom. The van der Waals surface area contributed by atoms with Crippen molar-refractivity contribution in [3.05, 3.63) is 0 Å².